The number of nitro groups is 1. The summed E-state index contributed by atoms with van der Waals surface area (Å²) in [5, 5.41) is 19.1. The number of aliphatic carboxylic acids is 1. The number of anilines is 1. The highest BCUT2D eigenvalue weighted by Gasteiger charge is 2.24. The molecule has 0 aliphatic rings. The van der Waals surface area contributed by atoms with E-state index in [9.17, 15) is 23.3 Å². The molecule has 21 heavy (non-hydrogen) atoms. The minimum Gasteiger partial charge on any atom is -0.481 e. The van der Waals surface area contributed by atoms with Crippen molar-refractivity contribution in [1.29, 1.82) is 0 Å². The maximum absolute atomic E-state index is 12.2. The molecule has 0 fully saturated rings. The van der Waals surface area contributed by atoms with E-state index in [4.69, 9.17) is 5.11 Å². The number of nitro benzene ring substituents is 1. The second-order valence-corrected chi connectivity index (χ2v) is 6.28. The fraction of sp³-hybridized carbons (Fsp3) is 0.364. The Morgan fingerprint density at radius 1 is 1.29 bits per heavy atom. The molecule has 1 N–H and O–H groups in total. The minimum absolute atomic E-state index is 0.149. The standard InChI is InChI=1S/C11H15N3O6S/c1-12(8-7-11(15)16)21(19,20)13(2)9-3-5-10(6-4-9)14(17)18/h3-6H,7-8H2,1-2H3,(H,15,16). The van der Waals surface area contributed by atoms with E-state index in [-0.39, 0.29) is 24.3 Å². The van der Waals surface area contributed by atoms with Crippen molar-refractivity contribution >= 4 is 27.6 Å². The van der Waals surface area contributed by atoms with Crippen LogP contribution in [0.3, 0.4) is 0 Å². The van der Waals surface area contributed by atoms with Crippen LogP contribution in [-0.4, -0.2) is 49.4 Å². The Morgan fingerprint density at radius 3 is 2.24 bits per heavy atom. The van der Waals surface area contributed by atoms with Gasteiger partial charge in [0.25, 0.3) is 5.69 Å². The number of nitrogens with zero attached hydrogens (tertiary/aromatic N) is 3. The lowest BCUT2D eigenvalue weighted by atomic mass is 10.3. The molecule has 116 valence electrons. The molecular formula is C11H15N3O6S. The van der Waals surface area contributed by atoms with Gasteiger partial charge in [0.05, 0.1) is 17.0 Å². The summed E-state index contributed by atoms with van der Waals surface area (Å²) in [6, 6.07) is 5.00. The molecule has 0 saturated heterocycles. The molecule has 0 heterocycles. The number of carboxylic acid groups (broad SMARTS) is 1. The number of hydrogen-bond donors (Lipinski definition) is 1. The SMILES string of the molecule is CN(CCC(=O)O)S(=O)(=O)N(C)c1ccc([N+](=O)[O-])cc1. The third kappa shape index (κ3) is 4.13. The topological polar surface area (TPSA) is 121 Å². The van der Waals surface area contributed by atoms with Crippen LogP contribution in [0.2, 0.25) is 0 Å². The molecule has 0 amide bonds. The zero-order valence-corrected chi connectivity index (χ0v) is 12.3. The molecule has 0 unspecified atom stereocenters. The molecule has 1 aromatic carbocycles. The van der Waals surface area contributed by atoms with Gasteiger partial charge in [0.15, 0.2) is 0 Å². The Labute approximate surface area is 121 Å². The smallest absolute Gasteiger partial charge is 0.304 e. The summed E-state index contributed by atoms with van der Waals surface area (Å²) in [6.45, 7) is -0.172. The molecule has 0 saturated carbocycles. The summed E-state index contributed by atoms with van der Waals surface area (Å²) in [5.41, 5.74) is 0.0894. The highest BCUT2D eigenvalue weighted by Crippen LogP contribution is 2.21. The van der Waals surface area contributed by atoms with Gasteiger partial charge in [-0.3, -0.25) is 19.2 Å². The van der Waals surface area contributed by atoms with Gasteiger partial charge in [-0.25, -0.2) is 0 Å². The van der Waals surface area contributed by atoms with Crippen molar-refractivity contribution in [2.75, 3.05) is 24.9 Å². The third-order valence-corrected chi connectivity index (χ3v) is 4.68. The Kier molecular flexibility index (Phi) is 5.22. The lowest BCUT2D eigenvalue weighted by Gasteiger charge is -2.25. The number of hydrogen-bond acceptors (Lipinski definition) is 5. The summed E-state index contributed by atoms with van der Waals surface area (Å²) in [5.74, 6) is -1.10. The largest absolute Gasteiger partial charge is 0.481 e. The van der Waals surface area contributed by atoms with Crippen molar-refractivity contribution in [2.45, 2.75) is 6.42 Å². The number of benzene rings is 1. The zero-order chi connectivity index (χ0) is 16.2. The van der Waals surface area contributed by atoms with E-state index in [1.54, 1.807) is 0 Å². The highest BCUT2D eigenvalue weighted by molar-refractivity contribution is 7.90. The molecule has 0 aliphatic heterocycles. The lowest BCUT2D eigenvalue weighted by molar-refractivity contribution is -0.384. The molecule has 0 atom stereocenters. The van der Waals surface area contributed by atoms with Crippen molar-refractivity contribution in [3.8, 4) is 0 Å². The van der Waals surface area contributed by atoms with Crippen LogP contribution in [0.25, 0.3) is 0 Å². The van der Waals surface area contributed by atoms with Gasteiger partial charge >= 0.3 is 16.2 Å². The van der Waals surface area contributed by atoms with E-state index < -0.39 is 21.1 Å². The minimum atomic E-state index is -3.89. The van der Waals surface area contributed by atoms with Gasteiger partial charge < -0.3 is 5.11 Å². The van der Waals surface area contributed by atoms with Crippen LogP contribution < -0.4 is 4.31 Å². The predicted octanol–water partition coefficient (Wildman–Crippen LogP) is 0.682. The normalized spacial score (nSPS) is 11.4. The molecule has 0 aromatic heterocycles. The average Bonchev–Trinajstić information content (AvgIpc) is 2.43. The molecule has 10 heteroatoms. The third-order valence-electron chi connectivity index (χ3n) is 2.80. The van der Waals surface area contributed by atoms with Gasteiger partial charge in [-0.2, -0.15) is 12.7 Å². The second kappa shape index (κ2) is 6.50. The number of carbonyl (C=O) groups is 1. The monoisotopic (exact) mass is 317 g/mol. The molecule has 9 nitrogen and oxygen atoms in total. The predicted molar refractivity (Wildman–Crippen MR) is 75.3 cm³/mol. The molecular weight excluding hydrogens is 302 g/mol. The van der Waals surface area contributed by atoms with Gasteiger partial charge in [0.2, 0.25) is 0 Å². The summed E-state index contributed by atoms with van der Waals surface area (Å²) in [4.78, 5) is 20.4. The van der Waals surface area contributed by atoms with E-state index in [1.165, 1.54) is 38.4 Å². The van der Waals surface area contributed by atoms with Crippen LogP contribution in [0.1, 0.15) is 6.42 Å². The molecule has 0 bridgehead atoms. The average molecular weight is 317 g/mol. The van der Waals surface area contributed by atoms with Crippen molar-refractivity contribution < 1.29 is 23.2 Å². The summed E-state index contributed by atoms with van der Waals surface area (Å²) in [6.07, 6.45) is -0.316. The van der Waals surface area contributed by atoms with Crippen LogP contribution in [0.15, 0.2) is 24.3 Å². The van der Waals surface area contributed by atoms with Crippen LogP contribution >= 0.6 is 0 Å². The fourth-order valence-electron chi connectivity index (χ4n) is 1.50. The quantitative estimate of drug-likeness (QED) is 0.583. The highest BCUT2D eigenvalue weighted by atomic mass is 32.2. The Bertz CT molecular complexity index is 628. The Hall–Kier alpha value is -2.20. The van der Waals surface area contributed by atoms with Gasteiger partial charge in [0, 0.05) is 32.8 Å². The van der Waals surface area contributed by atoms with Gasteiger partial charge in [0.1, 0.15) is 0 Å². The number of rotatable bonds is 7. The molecule has 0 spiro atoms. The molecule has 0 radical (unpaired) electrons. The van der Waals surface area contributed by atoms with Crippen molar-refractivity contribution in [1.82, 2.24) is 4.31 Å². The molecule has 1 aromatic rings. The Morgan fingerprint density at radius 2 is 1.81 bits per heavy atom. The Balaban J connectivity index is 2.92. The number of non-ortho nitro benzene ring substituents is 1. The maximum Gasteiger partial charge on any atom is 0.304 e. The van der Waals surface area contributed by atoms with Crippen LogP contribution in [0.5, 0.6) is 0 Å². The number of carboxylic acids is 1. The van der Waals surface area contributed by atoms with Crippen molar-refractivity contribution in [2.24, 2.45) is 0 Å². The maximum atomic E-state index is 12.2. The van der Waals surface area contributed by atoms with Crippen molar-refractivity contribution in [3.63, 3.8) is 0 Å². The first kappa shape index (κ1) is 16.9. The van der Waals surface area contributed by atoms with E-state index in [1.807, 2.05) is 0 Å². The second-order valence-electron chi connectivity index (χ2n) is 4.21. The summed E-state index contributed by atoms with van der Waals surface area (Å²) < 4.78 is 26.2. The lowest BCUT2D eigenvalue weighted by Crippen LogP contribution is -2.40. The summed E-state index contributed by atoms with van der Waals surface area (Å²) >= 11 is 0. The van der Waals surface area contributed by atoms with Gasteiger partial charge in [-0.05, 0) is 12.1 Å². The first-order valence-electron chi connectivity index (χ1n) is 5.82. The first-order valence-corrected chi connectivity index (χ1v) is 7.22. The van der Waals surface area contributed by atoms with E-state index in [0.29, 0.717) is 0 Å². The summed E-state index contributed by atoms with van der Waals surface area (Å²) in [7, 11) is -1.34. The van der Waals surface area contributed by atoms with Gasteiger partial charge in [-0.1, -0.05) is 0 Å². The molecule has 0 aliphatic carbocycles. The van der Waals surface area contributed by atoms with Crippen molar-refractivity contribution in [3.05, 3.63) is 34.4 Å². The fourth-order valence-corrected chi connectivity index (χ4v) is 2.62. The molecule has 1 rings (SSSR count). The van der Waals surface area contributed by atoms with E-state index in [2.05, 4.69) is 0 Å². The van der Waals surface area contributed by atoms with E-state index in [0.717, 1.165) is 8.61 Å². The van der Waals surface area contributed by atoms with Crippen LogP contribution in [-0.2, 0) is 15.0 Å². The van der Waals surface area contributed by atoms with Crippen LogP contribution in [0.4, 0.5) is 11.4 Å². The van der Waals surface area contributed by atoms with Crippen LogP contribution in [0, 0.1) is 10.1 Å². The zero-order valence-electron chi connectivity index (χ0n) is 11.5. The first-order chi connectivity index (χ1) is 9.66. The van der Waals surface area contributed by atoms with Gasteiger partial charge in [-0.15, -0.1) is 0 Å². The van der Waals surface area contributed by atoms with E-state index >= 15 is 0 Å².